The third kappa shape index (κ3) is 5.31. The maximum Gasteiger partial charge on any atom is 0.187 e. The summed E-state index contributed by atoms with van der Waals surface area (Å²) in [5, 5.41) is 64.6. The van der Waals surface area contributed by atoms with Gasteiger partial charge in [0.15, 0.2) is 6.29 Å². The van der Waals surface area contributed by atoms with Crippen LogP contribution in [0.5, 0.6) is 0 Å². The van der Waals surface area contributed by atoms with Crippen molar-refractivity contribution in [2.75, 3.05) is 6.61 Å². The van der Waals surface area contributed by atoms with Crippen LogP contribution in [0.4, 0.5) is 0 Å². The minimum atomic E-state index is -1.55. The number of hydrogen-bond donors (Lipinski definition) is 6. The molecule has 9 heteroatoms. The number of allylic oxidation sites excluding steroid dienone is 2. The van der Waals surface area contributed by atoms with E-state index >= 15 is 0 Å². The van der Waals surface area contributed by atoms with Gasteiger partial charge in [0.2, 0.25) is 0 Å². The van der Waals surface area contributed by atoms with Crippen LogP contribution in [0.1, 0.15) is 107 Å². The number of aliphatic hydroxyl groups excluding tert-OH is 6. The van der Waals surface area contributed by atoms with Gasteiger partial charge in [-0.2, -0.15) is 0 Å². The fraction of sp³-hybridized carbons (Fsp3) is 0.917. The van der Waals surface area contributed by atoms with Crippen LogP contribution in [0.15, 0.2) is 11.6 Å². The Morgan fingerprint density at radius 2 is 1.64 bits per heavy atom. The van der Waals surface area contributed by atoms with Gasteiger partial charge in [-0.05, 0) is 105 Å². The molecule has 9 nitrogen and oxygen atoms in total. The summed E-state index contributed by atoms with van der Waals surface area (Å²) in [7, 11) is 0. The first-order chi connectivity index (χ1) is 20.8. The summed E-state index contributed by atoms with van der Waals surface area (Å²) in [6, 6.07) is 0. The van der Waals surface area contributed by atoms with E-state index in [1.807, 2.05) is 20.8 Å². The van der Waals surface area contributed by atoms with E-state index in [0.29, 0.717) is 32.1 Å². The van der Waals surface area contributed by atoms with Crippen molar-refractivity contribution in [2.24, 2.45) is 45.3 Å². The lowest BCUT2D eigenvalue weighted by Crippen LogP contribution is -2.69. The van der Waals surface area contributed by atoms with E-state index in [2.05, 4.69) is 40.7 Å². The third-order valence-electron chi connectivity index (χ3n) is 14.2. The van der Waals surface area contributed by atoms with Crippen molar-refractivity contribution >= 4 is 5.78 Å². The summed E-state index contributed by atoms with van der Waals surface area (Å²) >= 11 is 0. The summed E-state index contributed by atoms with van der Waals surface area (Å²) in [4.78, 5) is 14.6. The minimum absolute atomic E-state index is 0.0703. The lowest BCUT2D eigenvalue weighted by Gasteiger charge is -2.70. The van der Waals surface area contributed by atoms with Crippen molar-refractivity contribution in [3.05, 3.63) is 11.6 Å². The molecule has 4 saturated carbocycles. The Balaban J connectivity index is 1.51. The van der Waals surface area contributed by atoms with E-state index in [1.54, 1.807) is 0 Å². The molecule has 0 amide bonds. The Morgan fingerprint density at radius 3 is 2.27 bits per heavy atom. The van der Waals surface area contributed by atoms with E-state index in [9.17, 15) is 35.4 Å². The largest absolute Gasteiger partial charge is 0.394 e. The average Bonchev–Trinajstić information content (AvgIpc) is 3.33. The number of carbonyl (C=O) groups excluding carboxylic acids is 1. The van der Waals surface area contributed by atoms with Crippen molar-refractivity contribution < 1.29 is 44.9 Å². The Bertz CT molecular complexity index is 1150. The topological polar surface area (TPSA) is 157 Å². The Labute approximate surface area is 269 Å². The van der Waals surface area contributed by atoms with Crippen molar-refractivity contribution in [3.63, 3.8) is 0 Å². The second kappa shape index (κ2) is 11.9. The Kier molecular flexibility index (Phi) is 9.36. The normalized spacial score (nSPS) is 50.6. The van der Waals surface area contributed by atoms with Gasteiger partial charge in [-0.3, -0.25) is 4.79 Å². The number of Topliss-reactive ketones (excluding diaryl/α,β-unsaturated/α-hetero) is 1. The van der Waals surface area contributed by atoms with Crippen molar-refractivity contribution in [1.29, 1.82) is 0 Å². The van der Waals surface area contributed by atoms with Crippen LogP contribution in [0.3, 0.4) is 0 Å². The average molecular weight is 637 g/mol. The lowest BCUT2D eigenvalue weighted by molar-refractivity contribution is -0.333. The molecule has 1 aliphatic heterocycles. The van der Waals surface area contributed by atoms with Gasteiger partial charge in [0.1, 0.15) is 30.2 Å². The molecular weight excluding hydrogens is 576 g/mol. The fourth-order valence-corrected chi connectivity index (χ4v) is 11.7. The monoisotopic (exact) mass is 636 g/mol. The summed E-state index contributed by atoms with van der Waals surface area (Å²) in [6.45, 7) is 16.4. The number of rotatable bonds is 7. The molecule has 6 N–H and O–H groups in total. The Hall–Kier alpha value is -0.910. The molecule has 5 fully saturated rings. The van der Waals surface area contributed by atoms with E-state index < -0.39 is 66.0 Å². The highest BCUT2D eigenvalue weighted by molar-refractivity contribution is 5.84. The molecule has 0 aromatic rings. The second-order valence-electron chi connectivity index (χ2n) is 17.3. The van der Waals surface area contributed by atoms with Crippen LogP contribution in [-0.2, 0) is 14.3 Å². The quantitative estimate of drug-likeness (QED) is 0.230. The number of aliphatic hydroxyl groups is 6. The second-order valence-corrected chi connectivity index (χ2v) is 17.3. The predicted octanol–water partition coefficient (Wildman–Crippen LogP) is 3.50. The Morgan fingerprint density at radius 1 is 0.978 bits per heavy atom. The highest BCUT2D eigenvalue weighted by Crippen LogP contribution is 2.75. The summed E-state index contributed by atoms with van der Waals surface area (Å²) < 4.78 is 12.5. The zero-order valence-corrected chi connectivity index (χ0v) is 28.7. The van der Waals surface area contributed by atoms with Gasteiger partial charge in [0, 0.05) is 12.3 Å². The molecule has 15 atom stereocenters. The van der Waals surface area contributed by atoms with Crippen LogP contribution >= 0.6 is 0 Å². The maximum atomic E-state index is 14.6. The van der Waals surface area contributed by atoms with Gasteiger partial charge >= 0.3 is 0 Å². The molecule has 0 spiro atoms. The summed E-state index contributed by atoms with van der Waals surface area (Å²) in [5.41, 5.74) is -1.27. The van der Waals surface area contributed by atoms with Crippen LogP contribution in [0, 0.1) is 45.3 Å². The van der Waals surface area contributed by atoms with Crippen molar-refractivity contribution in [2.45, 2.75) is 155 Å². The third-order valence-corrected chi connectivity index (χ3v) is 14.2. The van der Waals surface area contributed by atoms with Gasteiger partial charge in [-0.25, -0.2) is 0 Å². The van der Waals surface area contributed by atoms with E-state index in [4.69, 9.17) is 9.47 Å². The van der Waals surface area contributed by atoms with Gasteiger partial charge in [-0.1, -0.05) is 46.3 Å². The molecule has 0 unspecified atom stereocenters. The van der Waals surface area contributed by atoms with Crippen LogP contribution in [0.25, 0.3) is 0 Å². The zero-order valence-electron chi connectivity index (χ0n) is 28.7. The van der Waals surface area contributed by atoms with Crippen LogP contribution in [0.2, 0.25) is 0 Å². The molecule has 45 heavy (non-hydrogen) atoms. The molecule has 0 aromatic heterocycles. The fourth-order valence-electron chi connectivity index (χ4n) is 11.7. The maximum absolute atomic E-state index is 14.6. The molecule has 1 heterocycles. The molecule has 258 valence electrons. The van der Waals surface area contributed by atoms with Gasteiger partial charge in [-0.15, -0.1) is 0 Å². The molecule has 5 rings (SSSR count). The standard InChI is InChI=1S/C36H60O9/c1-19(2)10-9-13-36(8,45-31-29(43)28(42)27(41)23(18-37)44-31)20-11-15-34(6)26(20)21(38)16-24-33(5)14-12-25(40)32(3,4)30(33)22(39)17-35(24,34)7/h10,20,22-31,37,39-43H,9,11-18H2,1-8H3/t20-,22-,23+,24+,25-,26-,27+,28-,29+,30-,31-,33+,34+,35+,36-/m1/s1. The van der Waals surface area contributed by atoms with Crippen molar-refractivity contribution in [3.8, 4) is 0 Å². The summed E-state index contributed by atoms with van der Waals surface area (Å²) in [5.74, 6) is -0.372. The first-order valence-corrected chi connectivity index (χ1v) is 17.3. The number of ether oxygens (including phenoxy) is 2. The SMILES string of the molecule is CC(C)=CCC[C@@](C)(O[C@H]1O[C@@H](CO)[C@H](O)[C@@H](O)[C@@H]1O)[C@@H]1CC[C@@]2(C)[C@H]1C(=O)C[C@H]1[C@]3(C)CC[C@@H](O)C(C)(C)[C@H]3[C@H](O)C[C@@]12C. The van der Waals surface area contributed by atoms with Gasteiger partial charge in [0.05, 0.1) is 24.4 Å². The van der Waals surface area contributed by atoms with E-state index in [1.165, 1.54) is 0 Å². The molecule has 1 saturated heterocycles. The molecule has 5 aliphatic rings. The number of carbonyl (C=O) groups is 1. The molecule has 0 bridgehead atoms. The molecule has 0 radical (unpaired) electrons. The zero-order chi connectivity index (χ0) is 33.5. The molecule has 0 aromatic carbocycles. The van der Waals surface area contributed by atoms with Gasteiger partial charge in [0.25, 0.3) is 0 Å². The highest BCUT2D eigenvalue weighted by atomic mass is 16.7. The number of hydrogen-bond acceptors (Lipinski definition) is 9. The van der Waals surface area contributed by atoms with Crippen LogP contribution in [-0.4, -0.2) is 91.5 Å². The van der Waals surface area contributed by atoms with E-state index in [-0.39, 0.29) is 40.3 Å². The summed E-state index contributed by atoms with van der Waals surface area (Å²) in [6.07, 6.45) is -0.745. The first-order valence-electron chi connectivity index (χ1n) is 17.3. The minimum Gasteiger partial charge on any atom is -0.394 e. The van der Waals surface area contributed by atoms with E-state index in [0.717, 1.165) is 24.8 Å². The van der Waals surface area contributed by atoms with Gasteiger partial charge < -0.3 is 40.1 Å². The molecular formula is C36H60O9. The first kappa shape index (κ1) is 35.4. The highest BCUT2D eigenvalue weighted by Gasteiger charge is 2.73. The number of fused-ring (bicyclic) bond motifs is 5. The predicted molar refractivity (Wildman–Crippen MR) is 169 cm³/mol. The lowest BCUT2D eigenvalue weighted by atomic mass is 9.34. The van der Waals surface area contributed by atoms with Crippen LogP contribution < -0.4 is 0 Å². The molecule has 4 aliphatic carbocycles. The number of ketones is 1. The van der Waals surface area contributed by atoms with Crippen molar-refractivity contribution in [1.82, 2.24) is 0 Å². The smallest absolute Gasteiger partial charge is 0.187 e.